The zero-order valence-corrected chi connectivity index (χ0v) is 15.1. The fourth-order valence-corrected chi connectivity index (χ4v) is 2.99. The van der Waals surface area contributed by atoms with Crippen LogP contribution in [0.3, 0.4) is 0 Å². The Balaban J connectivity index is 1.68. The first-order valence-corrected chi connectivity index (χ1v) is 8.61. The van der Waals surface area contributed by atoms with Gasteiger partial charge in [0.2, 0.25) is 11.0 Å². The van der Waals surface area contributed by atoms with Gasteiger partial charge >= 0.3 is 0 Å². The molecule has 2 aromatic carbocycles. The van der Waals surface area contributed by atoms with Gasteiger partial charge in [-0.2, -0.15) is 0 Å². The summed E-state index contributed by atoms with van der Waals surface area (Å²) < 4.78 is 10.5. The van der Waals surface area contributed by atoms with Crippen molar-refractivity contribution >= 4 is 28.5 Å². The minimum atomic E-state index is -0.293. The Labute approximate surface area is 155 Å². The van der Waals surface area contributed by atoms with E-state index in [9.17, 15) is 4.79 Å². The lowest BCUT2D eigenvalue weighted by atomic mass is 10.1. The highest BCUT2D eigenvalue weighted by Gasteiger charge is 2.08. The maximum atomic E-state index is 12.1. The van der Waals surface area contributed by atoms with Gasteiger partial charge in [-0.05, 0) is 18.2 Å². The highest BCUT2D eigenvalue weighted by atomic mass is 32.1. The van der Waals surface area contributed by atoms with E-state index in [1.165, 1.54) is 17.4 Å². The van der Waals surface area contributed by atoms with Crippen molar-refractivity contribution in [2.24, 2.45) is 0 Å². The van der Waals surface area contributed by atoms with Crippen LogP contribution in [0.25, 0.3) is 16.6 Å². The van der Waals surface area contributed by atoms with Crippen molar-refractivity contribution in [2.75, 3.05) is 19.5 Å². The van der Waals surface area contributed by atoms with Crippen molar-refractivity contribution in [2.45, 2.75) is 0 Å². The van der Waals surface area contributed by atoms with Crippen LogP contribution in [0, 0.1) is 0 Å². The number of methoxy groups -OCH3 is 2. The number of anilines is 1. The molecule has 0 unspecified atom stereocenters. The van der Waals surface area contributed by atoms with Crippen LogP contribution in [0.4, 0.5) is 5.13 Å². The first-order chi connectivity index (χ1) is 12.7. The van der Waals surface area contributed by atoms with Gasteiger partial charge in [0.15, 0.2) is 0 Å². The monoisotopic (exact) mass is 367 g/mol. The zero-order valence-electron chi connectivity index (χ0n) is 14.3. The van der Waals surface area contributed by atoms with Crippen molar-refractivity contribution in [1.29, 1.82) is 0 Å². The lowest BCUT2D eigenvalue weighted by molar-refractivity contribution is -0.111. The first kappa shape index (κ1) is 17.6. The number of nitrogens with zero attached hydrogens (tertiary/aromatic N) is 2. The predicted molar refractivity (Wildman–Crippen MR) is 103 cm³/mol. The average Bonchev–Trinajstić information content (AvgIpc) is 3.15. The summed E-state index contributed by atoms with van der Waals surface area (Å²) >= 11 is 1.32. The van der Waals surface area contributed by atoms with E-state index in [4.69, 9.17) is 9.47 Å². The molecule has 7 heteroatoms. The van der Waals surface area contributed by atoms with Gasteiger partial charge in [-0.3, -0.25) is 10.1 Å². The number of hydrogen-bond donors (Lipinski definition) is 1. The summed E-state index contributed by atoms with van der Waals surface area (Å²) in [4.78, 5) is 12.1. The summed E-state index contributed by atoms with van der Waals surface area (Å²) in [5, 5.41) is 12.0. The third kappa shape index (κ3) is 4.25. The molecule has 0 aliphatic carbocycles. The van der Waals surface area contributed by atoms with Gasteiger partial charge in [-0.15, -0.1) is 10.2 Å². The Kier molecular flexibility index (Phi) is 5.60. The largest absolute Gasteiger partial charge is 0.497 e. The molecule has 1 aromatic heterocycles. The van der Waals surface area contributed by atoms with E-state index in [-0.39, 0.29) is 5.91 Å². The second-order valence-electron chi connectivity index (χ2n) is 5.21. The molecule has 0 atom stereocenters. The normalized spacial score (nSPS) is 10.7. The lowest BCUT2D eigenvalue weighted by Crippen LogP contribution is -2.07. The number of benzene rings is 2. The van der Waals surface area contributed by atoms with Crippen LogP contribution in [-0.4, -0.2) is 30.3 Å². The molecular weight excluding hydrogens is 350 g/mol. The van der Waals surface area contributed by atoms with Crippen LogP contribution in [-0.2, 0) is 4.79 Å². The van der Waals surface area contributed by atoms with Crippen LogP contribution in [0.1, 0.15) is 5.56 Å². The molecule has 0 aliphatic heterocycles. The molecule has 3 aromatic rings. The first-order valence-electron chi connectivity index (χ1n) is 7.79. The number of hydrogen-bond acceptors (Lipinski definition) is 6. The smallest absolute Gasteiger partial charge is 0.250 e. The summed E-state index contributed by atoms with van der Waals surface area (Å²) in [6, 6.07) is 15.1. The minimum absolute atomic E-state index is 0.293. The molecule has 1 heterocycles. The number of carbonyl (C=O) groups is 1. The molecule has 132 valence electrons. The topological polar surface area (TPSA) is 73.3 Å². The number of amides is 1. The molecule has 3 rings (SSSR count). The molecule has 0 spiro atoms. The van der Waals surface area contributed by atoms with Gasteiger partial charge in [0.05, 0.1) is 14.2 Å². The molecule has 26 heavy (non-hydrogen) atoms. The molecular formula is C19H17N3O3S. The van der Waals surface area contributed by atoms with Crippen molar-refractivity contribution in [3.8, 4) is 22.1 Å². The minimum Gasteiger partial charge on any atom is -0.497 e. The van der Waals surface area contributed by atoms with Crippen molar-refractivity contribution in [3.05, 3.63) is 60.2 Å². The van der Waals surface area contributed by atoms with Gasteiger partial charge in [0.25, 0.3) is 0 Å². The Morgan fingerprint density at radius 2 is 1.88 bits per heavy atom. The highest BCUT2D eigenvalue weighted by molar-refractivity contribution is 7.18. The molecule has 1 N–H and O–H groups in total. The Hall–Kier alpha value is -3.19. The molecule has 0 fully saturated rings. The zero-order chi connectivity index (χ0) is 18.4. The molecule has 0 aliphatic rings. The SMILES string of the molecule is COc1ccc(/C=C/C(=O)Nc2nnc(-c3ccccc3)s2)c(OC)c1. The maximum absolute atomic E-state index is 12.1. The van der Waals surface area contributed by atoms with Gasteiger partial charge in [-0.25, -0.2) is 0 Å². The van der Waals surface area contributed by atoms with Crippen molar-refractivity contribution in [1.82, 2.24) is 10.2 Å². The number of ether oxygens (including phenoxy) is 2. The molecule has 0 radical (unpaired) electrons. The summed E-state index contributed by atoms with van der Waals surface area (Å²) in [5.41, 5.74) is 1.73. The third-order valence-electron chi connectivity index (χ3n) is 3.53. The van der Waals surface area contributed by atoms with Crippen LogP contribution in [0.2, 0.25) is 0 Å². The Morgan fingerprint density at radius 1 is 1.08 bits per heavy atom. The van der Waals surface area contributed by atoms with E-state index in [0.29, 0.717) is 16.6 Å². The fraction of sp³-hybridized carbons (Fsp3) is 0.105. The number of aromatic nitrogens is 2. The second-order valence-corrected chi connectivity index (χ2v) is 6.19. The van der Waals surface area contributed by atoms with Gasteiger partial charge in [0.1, 0.15) is 16.5 Å². The van der Waals surface area contributed by atoms with Crippen LogP contribution in [0.15, 0.2) is 54.6 Å². The van der Waals surface area contributed by atoms with Crippen LogP contribution in [0.5, 0.6) is 11.5 Å². The highest BCUT2D eigenvalue weighted by Crippen LogP contribution is 2.27. The molecule has 1 amide bonds. The maximum Gasteiger partial charge on any atom is 0.250 e. The van der Waals surface area contributed by atoms with Gasteiger partial charge in [0, 0.05) is 23.3 Å². The number of carbonyl (C=O) groups excluding carboxylic acids is 1. The van der Waals surface area contributed by atoms with Gasteiger partial charge in [-0.1, -0.05) is 41.7 Å². The van der Waals surface area contributed by atoms with Crippen LogP contribution < -0.4 is 14.8 Å². The number of nitrogens with one attached hydrogen (secondary N) is 1. The lowest BCUT2D eigenvalue weighted by Gasteiger charge is -2.07. The van der Waals surface area contributed by atoms with Gasteiger partial charge < -0.3 is 9.47 Å². The summed E-state index contributed by atoms with van der Waals surface area (Å²) in [6.07, 6.45) is 3.10. The standard InChI is InChI=1S/C19H17N3O3S/c1-24-15-10-8-13(16(12-15)25-2)9-11-17(23)20-19-22-21-18(26-19)14-6-4-3-5-7-14/h3-12H,1-2H3,(H,20,22,23)/b11-9+. The van der Waals surface area contributed by atoms with Crippen molar-refractivity contribution in [3.63, 3.8) is 0 Å². The van der Waals surface area contributed by atoms with E-state index in [1.807, 2.05) is 36.4 Å². The fourth-order valence-electron chi connectivity index (χ4n) is 2.24. The van der Waals surface area contributed by atoms with Crippen LogP contribution >= 0.6 is 11.3 Å². The van der Waals surface area contributed by atoms with E-state index >= 15 is 0 Å². The second kappa shape index (κ2) is 8.26. The van der Waals surface area contributed by atoms with E-state index < -0.39 is 0 Å². The summed E-state index contributed by atoms with van der Waals surface area (Å²) in [6.45, 7) is 0. The molecule has 0 saturated heterocycles. The Morgan fingerprint density at radius 3 is 2.62 bits per heavy atom. The van der Waals surface area contributed by atoms with Crippen molar-refractivity contribution < 1.29 is 14.3 Å². The quantitative estimate of drug-likeness (QED) is 0.670. The Bertz CT molecular complexity index is 923. The predicted octanol–water partition coefficient (Wildman–Crippen LogP) is 3.87. The number of rotatable bonds is 6. The molecule has 0 bridgehead atoms. The third-order valence-corrected chi connectivity index (χ3v) is 4.42. The van der Waals surface area contributed by atoms with E-state index in [0.717, 1.165) is 16.1 Å². The molecule has 6 nitrogen and oxygen atoms in total. The molecule has 0 saturated carbocycles. The van der Waals surface area contributed by atoms with E-state index in [2.05, 4.69) is 15.5 Å². The summed E-state index contributed by atoms with van der Waals surface area (Å²) in [7, 11) is 3.15. The average molecular weight is 367 g/mol. The van der Waals surface area contributed by atoms with E-state index in [1.54, 1.807) is 32.4 Å². The summed E-state index contributed by atoms with van der Waals surface area (Å²) in [5.74, 6) is 1.01.